The molecule has 0 radical (unpaired) electrons. The largest absolute Gasteiger partial charge is 0.495 e. The van der Waals surface area contributed by atoms with Crippen molar-refractivity contribution in [2.45, 2.75) is 0 Å². The van der Waals surface area contributed by atoms with Crippen LogP contribution < -0.4 is 9.47 Å². The molecule has 0 fully saturated rings. The molecule has 0 bridgehead atoms. The van der Waals surface area contributed by atoms with Gasteiger partial charge in [-0.1, -0.05) is 11.6 Å². The number of hydrogen-bond donors (Lipinski definition) is 0. The van der Waals surface area contributed by atoms with Crippen LogP contribution in [0.1, 0.15) is 10.4 Å². The molecule has 0 amide bonds. The Morgan fingerprint density at radius 1 is 1.23 bits per heavy atom. The van der Waals surface area contributed by atoms with E-state index in [4.69, 9.17) is 21.1 Å². The maximum Gasteiger partial charge on any atom is 0.150 e. The highest BCUT2D eigenvalue weighted by Crippen LogP contribution is 2.34. The van der Waals surface area contributed by atoms with Gasteiger partial charge in [0.1, 0.15) is 22.8 Å². The molecule has 0 atom stereocenters. The number of carbonyl (C=O) groups is 1. The van der Waals surface area contributed by atoms with Gasteiger partial charge in [0.15, 0.2) is 0 Å². The summed E-state index contributed by atoms with van der Waals surface area (Å²) in [5.74, 6) is 0.867. The van der Waals surface area contributed by atoms with Crippen LogP contribution in [0.4, 0.5) is 0 Å². The number of rotatable bonds is 3. The van der Waals surface area contributed by atoms with Crippen molar-refractivity contribution in [3.63, 3.8) is 0 Å². The summed E-state index contributed by atoms with van der Waals surface area (Å²) in [6.07, 6.45) is 0.710. The molecular formula is C9H9ClO3. The molecule has 0 N–H and O–H groups in total. The van der Waals surface area contributed by atoms with Crippen LogP contribution in [-0.4, -0.2) is 20.5 Å². The van der Waals surface area contributed by atoms with Crippen molar-refractivity contribution in [3.05, 3.63) is 22.7 Å². The number of halogens is 1. The first-order chi connectivity index (χ1) is 6.22. The minimum atomic E-state index is 0.371. The fraction of sp³-hybridized carbons (Fsp3) is 0.222. The van der Waals surface area contributed by atoms with E-state index in [2.05, 4.69) is 0 Å². The fourth-order valence-corrected chi connectivity index (χ4v) is 1.22. The second kappa shape index (κ2) is 4.14. The van der Waals surface area contributed by atoms with Gasteiger partial charge in [-0.15, -0.1) is 0 Å². The fourth-order valence-electron chi connectivity index (χ4n) is 0.958. The molecule has 0 saturated heterocycles. The number of methoxy groups -OCH3 is 2. The van der Waals surface area contributed by atoms with Gasteiger partial charge in [0.2, 0.25) is 0 Å². The van der Waals surface area contributed by atoms with E-state index in [1.807, 2.05) is 0 Å². The molecule has 1 rings (SSSR count). The number of aldehydes is 1. The van der Waals surface area contributed by atoms with E-state index >= 15 is 0 Å². The molecule has 0 aliphatic heterocycles. The van der Waals surface area contributed by atoms with Crippen LogP contribution in [0, 0.1) is 0 Å². The van der Waals surface area contributed by atoms with Gasteiger partial charge in [-0.2, -0.15) is 0 Å². The molecular weight excluding hydrogens is 192 g/mol. The summed E-state index contributed by atoms with van der Waals surface area (Å²) in [6, 6.07) is 3.11. The zero-order valence-electron chi connectivity index (χ0n) is 7.33. The predicted molar refractivity (Wildman–Crippen MR) is 49.9 cm³/mol. The van der Waals surface area contributed by atoms with E-state index in [1.54, 1.807) is 12.1 Å². The van der Waals surface area contributed by atoms with Gasteiger partial charge >= 0.3 is 0 Å². The van der Waals surface area contributed by atoms with Crippen molar-refractivity contribution in [1.29, 1.82) is 0 Å². The standard InChI is InChI=1S/C9H9ClO3/c1-12-7-3-6(5-11)4-8(13-2)9(7)10/h3-5H,1-2H3. The molecule has 4 heteroatoms. The zero-order valence-corrected chi connectivity index (χ0v) is 8.09. The summed E-state index contributed by atoms with van der Waals surface area (Å²) in [4.78, 5) is 10.5. The lowest BCUT2D eigenvalue weighted by Crippen LogP contribution is -1.92. The van der Waals surface area contributed by atoms with Gasteiger partial charge in [0.05, 0.1) is 14.2 Å². The first-order valence-corrected chi connectivity index (χ1v) is 3.97. The van der Waals surface area contributed by atoms with Crippen LogP contribution in [0.15, 0.2) is 12.1 Å². The Balaban J connectivity index is 3.28. The molecule has 0 saturated carbocycles. The molecule has 0 spiro atoms. The number of carbonyl (C=O) groups excluding carboxylic acids is 1. The summed E-state index contributed by atoms with van der Waals surface area (Å²) in [5.41, 5.74) is 0.470. The molecule has 3 nitrogen and oxygen atoms in total. The van der Waals surface area contributed by atoms with Crippen LogP contribution in [0.25, 0.3) is 0 Å². The first-order valence-electron chi connectivity index (χ1n) is 3.59. The van der Waals surface area contributed by atoms with Crippen molar-refractivity contribution in [2.75, 3.05) is 14.2 Å². The van der Waals surface area contributed by atoms with Crippen LogP contribution in [0.5, 0.6) is 11.5 Å². The van der Waals surface area contributed by atoms with Crippen molar-refractivity contribution < 1.29 is 14.3 Å². The van der Waals surface area contributed by atoms with E-state index in [0.29, 0.717) is 28.4 Å². The third-order valence-corrected chi connectivity index (χ3v) is 1.98. The van der Waals surface area contributed by atoms with Crippen molar-refractivity contribution >= 4 is 17.9 Å². The van der Waals surface area contributed by atoms with E-state index in [0.717, 1.165) is 0 Å². The maximum atomic E-state index is 10.5. The van der Waals surface area contributed by atoms with E-state index in [-0.39, 0.29) is 0 Å². The number of ether oxygens (including phenoxy) is 2. The highest BCUT2D eigenvalue weighted by Gasteiger charge is 2.09. The third kappa shape index (κ3) is 1.92. The Bertz CT molecular complexity index is 298. The number of benzene rings is 1. The van der Waals surface area contributed by atoms with Crippen LogP contribution in [-0.2, 0) is 0 Å². The summed E-state index contributed by atoms with van der Waals surface area (Å²) in [5, 5.41) is 0.371. The maximum absolute atomic E-state index is 10.5. The molecule has 0 unspecified atom stereocenters. The second-order valence-electron chi connectivity index (χ2n) is 2.36. The Kier molecular flexibility index (Phi) is 3.14. The normalized spacial score (nSPS) is 9.46. The lowest BCUT2D eigenvalue weighted by molar-refractivity contribution is 0.112. The topological polar surface area (TPSA) is 35.5 Å². The van der Waals surface area contributed by atoms with Gasteiger partial charge < -0.3 is 9.47 Å². The number of hydrogen-bond acceptors (Lipinski definition) is 3. The molecule has 0 aliphatic rings. The average molecular weight is 201 g/mol. The van der Waals surface area contributed by atoms with Gasteiger partial charge in [-0.25, -0.2) is 0 Å². The molecule has 1 aromatic rings. The van der Waals surface area contributed by atoms with Crippen molar-refractivity contribution in [3.8, 4) is 11.5 Å². The average Bonchev–Trinajstić information content (AvgIpc) is 2.18. The van der Waals surface area contributed by atoms with E-state index < -0.39 is 0 Å². The molecule has 1 aromatic carbocycles. The second-order valence-corrected chi connectivity index (χ2v) is 2.74. The summed E-state index contributed by atoms with van der Waals surface area (Å²) in [6.45, 7) is 0. The van der Waals surface area contributed by atoms with Gasteiger partial charge in [-0.05, 0) is 12.1 Å². The van der Waals surface area contributed by atoms with Crippen LogP contribution in [0.2, 0.25) is 5.02 Å². The van der Waals surface area contributed by atoms with E-state index in [1.165, 1.54) is 14.2 Å². The summed E-state index contributed by atoms with van der Waals surface area (Å²) in [7, 11) is 2.96. The van der Waals surface area contributed by atoms with Crippen LogP contribution in [0.3, 0.4) is 0 Å². The SMILES string of the molecule is COc1cc(C=O)cc(OC)c1Cl. The molecule has 0 heterocycles. The van der Waals surface area contributed by atoms with Crippen molar-refractivity contribution in [1.82, 2.24) is 0 Å². The monoisotopic (exact) mass is 200 g/mol. The van der Waals surface area contributed by atoms with E-state index in [9.17, 15) is 4.79 Å². The van der Waals surface area contributed by atoms with Crippen LogP contribution >= 0.6 is 11.6 Å². The summed E-state index contributed by atoms with van der Waals surface area (Å²) >= 11 is 5.87. The molecule has 0 aliphatic carbocycles. The summed E-state index contributed by atoms with van der Waals surface area (Å²) < 4.78 is 9.92. The predicted octanol–water partition coefficient (Wildman–Crippen LogP) is 2.17. The smallest absolute Gasteiger partial charge is 0.150 e. The lowest BCUT2D eigenvalue weighted by Gasteiger charge is -2.08. The zero-order chi connectivity index (χ0) is 9.84. The Hall–Kier alpha value is -1.22. The van der Waals surface area contributed by atoms with Gasteiger partial charge in [-0.3, -0.25) is 4.79 Å². The highest BCUT2D eigenvalue weighted by molar-refractivity contribution is 6.33. The minimum Gasteiger partial charge on any atom is -0.495 e. The van der Waals surface area contributed by atoms with Gasteiger partial charge in [0, 0.05) is 5.56 Å². The van der Waals surface area contributed by atoms with Gasteiger partial charge in [0.25, 0.3) is 0 Å². The Morgan fingerprint density at radius 3 is 2.00 bits per heavy atom. The third-order valence-electron chi connectivity index (χ3n) is 1.60. The first kappa shape index (κ1) is 9.86. The minimum absolute atomic E-state index is 0.371. The molecule has 0 aromatic heterocycles. The molecule has 70 valence electrons. The molecule has 13 heavy (non-hydrogen) atoms. The van der Waals surface area contributed by atoms with Crippen molar-refractivity contribution in [2.24, 2.45) is 0 Å². The highest BCUT2D eigenvalue weighted by atomic mass is 35.5. The lowest BCUT2D eigenvalue weighted by atomic mass is 10.2. The quantitative estimate of drug-likeness (QED) is 0.702. The Labute approximate surface area is 81.2 Å². The Morgan fingerprint density at radius 2 is 1.69 bits per heavy atom.